The van der Waals surface area contributed by atoms with Crippen molar-refractivity contribution in [2.75, 3.05) is 4.72 Å². The Labute approximate surface area is 234 Å². The first-order chi connectivity index (χ1) is 18.8. The van der Waals surface area contributed by atoms with Gasteiger partial charge in [0.15, 0.2) is 0 Å². The lowest BCUT2D eigenvalue weighted by Gasteiger charge is -2.08. The fourth-order valence-corrected chi connectivity index (χ4v) is 4.77. The van der Waals surface area contributed by atoms with Gasteiger partial charge in [-0.3, -0.25) is 9.52 Å². The van der Waals surface area contributed by atoms with Crippen LogP contribution in [0.5, 0.6) is 5.75 Å². The minimum Gasteiger partial charge on any atom is -0.423 e. The van der Waals surface area contributed by atoms with Gasteiger partial charge in [-0.25, -0.2) is 18.6 Å². The van der Waals surface area contributed by atoms with Crippen molar-refractivity contribution in [1.29, 1.82) is 0 Å². The van der Waals surface area contributed by atoms with Crippen LogP contribution in [0.4, 0.5) is 5.69 Å². The molecule has 0 aromatic heterocycles. The molecule has 0 unspecified atom stereocenters. The summed E-state index contributed by atoms with van der Waals surface area (Å²) in [6, 6.07) is 28.2. The molecule has 4 rings (SSSR count). The number of nitrogens with zero attached hydrogens (tertiary/aromatic N) is 1. The number of anilines is 1. The molecule has 196 valence electrons. The molecule has 0 aliphatic carbocycles. The molecule has 4 aromatic rings. The van der Waals surface area contributed by atoms with E-state index < -0.39 is 21.9 Å². The van der Waals surface area contributed by atoms with Crippen LogP contribution in [0, 0.1) is 0 Å². The Bertz CT molecular complexity index is 1620. The number of hydrogen-bond acceptors (Lipinski definition) is 6. The Hall–Kier alpha value is -4.54. The summed E-state index contributed by atoms with van der Waals surface area (Å²) >= 11 is 3.37. The van der Waals surface area contributed by atoms with Crippen LogP contribution in [0.3, 0.4) is 0 Å². The predicted octanol–water partition coefficient (Wildman–Crippen LogP) is 5.63. The van der Waals surface area contributed by atoms with Gasteiger partial charge < -0.3 is 4.74 Å². The summed E-state index contributed by atoms with van der Waals surface area (Å²) in [5.74, 6) is -0.820. The maximum atomic E-state index is 12.5. The van der Waals surface area contributed by atoms with E-state index in [-0.39, 0.29) is 16.2 Å². The number of benzene rings is 4. The third kappa shape index (κ3) is 7.97. The zero-order valence-electron chi connectivity index (χ0n) is 20.3. The van der Waals surface area contributed by atoms with E-state index in [0.717, 1.165) is 10.0 Å². The summed E-state index contributed by atoms with van der Waals surface area (Å²) < 4.78 is 33.6. The van der Waals surface area contributed by atoms with Gasteiger partial charge in [-0.1, -0.05) is 64.5 Å². The molecule has 0 saturated carbocycles. The van der Waals surface area contributed by atoms with Crippen molar-refractivity contribution in [3.05, 3.63) is 130 Å². The number of esters is 1. The van der Waals surface area contributed by atoms with Crippen LogP contribution in [0.1, 0.15) is 21.5 Å². The van der Waals surface area contributed by atoms with Gasteiger partial charge in [0.1, 0.15) is 5.75 Å². The van der Waals surface area contributed by atoms with E-state index in [4.69, 9.17) is 4.74 Å². The fourth-order valence-electron chi connectivity index (χ4n) is 3.31. The van der Waals surface area contributed by atoms with E-state index >= 15 is 0 Å². The average Bonchev–Trinajstić information content (AvgIpc) is 2.94. The lowest BCUT2D eigenvalue weighted by Crippen LogP contribution is -2.18. The number of amides is 1. The molecule has 0 aliphatic heterocycles. The SMILES string of the molecule is O=C(/C=C/c1ccccc1)Oc1ccc(Br)cc1/C=N\NC(=O)c1ccc(NS(=O)(=O)c2ccccc2)cc1. The highest BCUT2D eigenvalue weighted by molar-refractivity contribution is 9.10. The highest BCUT2D eigenvalue weighted by Gasteiger charge is 2.14. The van der Waals surface area contributed by atoms with Gasteiger partial charge in [-0.2, -0.15) is 5.10 Å². The summed E-state index contributed by atoms with van der Waals surface area (Å²) in [6.45, 7) is 0. The second kappa shape index (κ2) is 12.8. The van der Waals surface area contributed by atoms with Crippen LogP contribution in [0.15, 0.2) is 124 Å². The van der Waals surface area contributed by atoms with E-state index in [1.807, 2.05) is 30.3 Å². The Morgan fingerprint density at radius 2 is 1.51 bits per heavy atom. The molecule has 0 radical (unpaired) electrons. The maximum Gasteiger partial charge on any atom is 0.336 e. The van der Waals surface area contributed by atoms with Gasteiger partial charge >= 0.3 is 5.97 Å². The number of hydrogen-bond donors (Lipinski definition) is 2. The van der Waals surface area contributed by atoms with Gasteiger partial charge in [-0.05, 0) is 66.2 Å². The molecule has 0 spiro atoms. The van der Waals surface area contributed by atoms with Crippen molar-refractivity contribution in [1.82, 2.24) is 5.43 Å². The van der Waals surface area contributed by atoms with Crippen LogP contribution < -0.4 is 14.9 Å². The van der Waals surface area contributed by atoms with Crippen LogP contribution in [0.2, 0.25) is 0 Å². The number of nitrogens with one attached hydrogen (secondary N) is 2. The number of rotatable bonds is 9. The number of ether oxygens (including phenoxy) is 1. The van der Waals surface area contributed by atoms with Gasteiger partial charge in [0.2, 0.25) is 0 Å². The van der Waals surface area contributed by atoms with E-state index in [1.165, 1.54) is 48.7 Å². The third-order valence-corrected chi connectivity index (χ3v) is 7.11. The van der Waals surface area contributed by atoms with E-state index in [9.17, 15) is 18.0 Å². The van der Waals surface area contributed by atoms with Gasteiger partial charge in [-0.15, -0.1) is 0 Å². The first-order valence-corrected chi connectivity index (χ1v) is 13.8. The van der Waals surface area contributed by atoms with Crippen molar-refractivity contribution in [2.45, 2.75) is 4.90 Å². The minimum atomic E-state index is -3.74. The molecule has 0 aliphatic rings. The van der Waals surface area contributed by atoms with Crippen LogP contribution in [-0.2, 0) is 14.8 Å². The number of hydrazone groups is 1. The van der Waals surface area contributed by atoms with Gasteiger partial charge in [0.05, 0.1) is 11.1 Å². The summed E-state index contributed by atoms with van der Waals surface area (Å²) in [5.41, 5.74) is 4.29. The van der Waals surface area contributed by atoms with E-state index in [2.05, 4.69) is 31.2 Å². The quantitative estimate of drug-likeness (QED) is 0.0845. The molecular formula is C29H22BrN3O5S. The molecule has 8 nitrogen and oxygen atoms in total. The van der Waals surface area contributed by atoms with Gasteiger partial charge in [0, 0.05) is 27.4 Å². The smallest absolute Gasteiger partial charge is 0.336 e. The largest absolute Gasteiger partial charge is 0.423 e. The molecule has 4 aromatic carbocycles. The molecule has 0 heterocycles. The standard InChI is InChI=1S/C29H22BrN3O5S/c30-24-14-17-27(38-28(34)18-11-21-7-3-1-4-8-21)23(19-24)20-31-32-29(35)22-12-15-25(16-13-22)33-39(36,37)26-9-5-2-6-10-26/h1-20,33H,(H,32,35)/b18-11+,31-20-. The summed E-state index contributed by atoms with van der Waals surface area (Å²) in [7, 11) is -3.74. The second-order valence-electron chi connectivity index (χ2n) is 8.04. The molecular weight excluding hydrogens is 582 g/mol. The number of carbonyl (C=O) groups is 2. The molecule has 0 atom stereocenters. The zero-order chi connectivity index (χ0) is 27.7. The Morgan fingerprint density at radius 1 is 0.846 bits per heavy atom. The molecule has 0 bridgehead atoms. The Morgan fingerprint density at radius 3 is 2.21 bits per heavy atom. The highest BCUT2D eigenvalue weighted by atomic mass is 79.9. The molecule has 2 N–H and O–H groups in total. The third-order valence-electron chi connectivity index (χ3n) is 5.22. The van der Waals surface area contributed by atoms with Crippen molar-refractivity contribution in [2.24, 2.45) is 5.10 Å². The fraction of sp³-hybridized carbons (Fsp3) is 0. The summed E-state index contributed by atoms with van der Waals surface area (Å²) in [4.78, 5) is 25.0. The molecule has 0 fully saturated rings. The lowest BCUT2D eigenvalue weighted by atomic mass is 10.2. The monoisotopic (exact) mass is 603 g/mol. The maximum absolute atomic E-state index is 12.5. The highest BCUT2D eigenvalue weighted by Crippen LogP contribution is 2.22. The number of carbonyl (C=O) groups excluding carboxylic acids is 2. The van der Waals surface area contributed by atoms with Crippen molar-refractivity contribution in [3.8, 4) is 5.75 Å². The molecule has 1 amide bonds. The predicted molar refractivity (Wildman–Crippen MR) is 154 cm³/mol. The lowest BCUT2D eigenvalue weighted by molar-refractivity contribution is -0.128. The van der Waals surface area contributed by atoms with Gasteiger partial charge in [0.25, 0.3) is 15.9 Å². The van der Waals surface area contributed by atoms with E-state index in [1.54, 1.807) is 42.5 Å². The number of sulfonamides is 1. The Kier molecular flexibility index (Phi) is 9.03. The van der Waals surface area contributed by atoms with Crippen molar-refractivity contribution in [3.63, 3.8) is 0 Å². The Balaban J connectivity index is 1.38. The molecule has 10 heteroatoms. The van der Waals surface area contributed by atoms with Crippen molar-refractivity contribution < 1.29 is 22.7 Å². The minimum absolute atomic E-state index is 0.131. The van der Waals surface area contributed by atoms with Crippen LogP contribution in [0.25, 0.3) is 6.08 Å². The molecule has 0 saturated heterocycles. The first kappa shape index (κ1) is 27.5. The van der Waals surface area contributed by atoms with Crippen LogP contribution in [-0.4, -0.2) is 26.5 Å². The average molecular weight is 604 g/mol. The van der Waals surface area contributed by atoms with E-state index in [0.29, 0.717) is 11.3 Å². The first-order valence-electron chi connectivity index (χ1n) is 11.6. The summed E-state index contributed by atoms with van der Waals surface area (Å²) in [6.07, 6.45) is 4.32. The summed E-state index contributed by atoms with van der Waals surface area (Å²) in [5, 5.41) is 3.98. The zero-order valence-corrected chi connectivity index (χ0v) is 22.7. The number of halogens is 1. The second-order valence-corrected chi connectivity index (χ2v) is 10.6. The van der Waals surface area contributed by atoms with Crippen LogP contribution >= 0.6 is 15.9 Å². The topological polar surface area (TPSA) is 114 Å². The molecule has 39 heavy (non-hydrogen) atoms. The normalized spacial score (nSPS) is 11.4. The van der Waals surface area contributed by atoms with Crippen molar-refractivity contribution >= 4 is 55.8 Å².